The fraction of sp³-hybridized carbons (Fsp3) is 0.375. The quantitative estimate of drug-likeness (QED) is 0.807. The first-order valence-electron chi connectivity index (χ1n) is 6.96. The van der Waals surface area contributed by atoms with Gasteiger partial charge in [0, 0.05) is 18.6 Å². The van der Waals surface area contributed by atoms with Crippen molar-refractivity contribution < 1.29 is 9.59 Å². The Bertz CT molecular complexity index is 673. The van der Waals surface area contributed by atoms with E-state index >= 15 is 0 Å². The molecule has 1 aromatic heterocycles. The number of benzene rings is 1. The van der Waals surface area contributed by atoms with Crippen LogP contribution in [0.2, 0.25) is 0 Å². The minimum atomic E-state index is -0.932. The van der Waals surface area contributed by atoms with Crippen LogP contribution in [0, 0.1) is 0 Å². The fourth-order valence-electron chi connectivity index (χ4n) is 2.30. The molecule has 0 aliphatic carbocycles. The first-order chi connectivity index (χ1) is 9.79. The Balaban J connectivity index is 2.11. The molecule has 2 aromatic rings. The summed E-state index contributed by atoms with van der Waals surface area (Å²) in [5.74, 6) is -0.434. The standard InChI is InChI=1S/C16H21N3O2/c1-10(18-15(21)16(3,4)19-11(2)20)12-5-6-14-13(9-12)7-8-17-14/h5-10,17H,1-4H3,(H,18,21)(H,19,20). The van der Waals surface area contributed by atoms with E-state index in [9.17, 15) is 9.59 Å². The molecule has 5 nitrogen and oxygen atoms in total. The summed E-state index contributed by atoms with van der Waals surface area (Å²) in [5.41, 5.74) is 1.16. The predicted octanol–water partition coefficient (Wildman–Crippen LogP) is 2.26. The number of amides is 2. The summed E-state index contributed by atoms with van der Waals surface area (Å²) in [5, 5.41) is 6.69. The Morgan fingerprint density at radius 1 is 1.24 bits per heavy atom. The van der Waals surface area contributed by atoms with E-state index in [4.69, 9.17) is 0 Å². The van der Waals surface area contributed by atoms with Crippen molar-refractivity contribution in [1.82, 2.24) is 15.6 Å². The highest BCUT2D eigenvalue weighted by Crippen LogP contribution is 2.20. The molecule has 0 saturated carbocycles. The summed E-state index contributed by atoms with van der Waals surface area (Å²) < 4.78 is 0. The van der Waals surface area contributed by atoms with Crippen molar-refractivity contribution in [2.75, 3.05) is 0 Å². The molecule has 1 atom stereocenters. The highest BCUT2D eigenvalue weighted by Gasteiger charge is 2.29. The second-order valence-corrected chi connectivity index (χ2v) is 5.83. The monoisotopic (exact) mass is 287 g/mol. The van der Waals surface area contributed by atoms with Crippen LogP contribution in [0.3, 0.4) is 0 Å². The topological polar surface area (TPSA) is 74.0 Å². The number of aromatic nitrogens is 1. The minimum Gasteiger partial charge on any atom is -0.361 e. The number of rotatable bonds is 4. The molecule has 5 heteroatoms. The molecule has 21 heavy (non-hydrogen) atoms. The SMILES string of the molecule is CC(=O)NC(C)(C)C(=O)NC(C)c1ccc2[nH]ccc2c1. The second kappa shape index (κ2) is 5.60. The van der Waals surface area contributed by atoms with Crippen molar-refractivity contribution in [3.8, 4) is 0 Å². The maximum atomic E-state index is 12.3. The maximum absolute atomic E-state index is 12.3. The first-order valence-corrected chi connectivity index (χ1v) is 6.96. The molecule has 3 N–H and O–H groups in total. The molecule has 0 spiro atoms. The molecule has 1 aromatic carbocycles. The minimum absolute atomic E-state index is 0.134. The molecule has 0 bridgehead atoms. The van der Waals surface area contributed by atoms with Gasteiger partial charge in [0.1, 0.15) is 5.54 Å². The van der Waals surface area contributed by atoms with Crippen LogP contribution in [-0.4, -0.2) is 22.3 Å². The van der Waals surface area contributed by atoms with Gasteiger partial charge in [-0.1, -0.05) is 6.07 Å². The molecule has 0 radical (unpaired) electrons. The normalized spacial score (nSPS) is 13.0. The van der Waals surface area contributed by atoms with Crippen LogP contribution in [0.5, 0.6) is 0 Å². The van der Waals surface area contributed by atoms with Crippen LogP contribution >= 0.6 is 0 Å². The van der Waals surface area contributed by atoms with Gasteiger partial charge in [0.2, 0.25) is 11.8 Å². The van der Waals surface area contributed by atoms with Crippen molar-refractivity contribution in [2.45, 2.75) is 39.3 Å². The summed E-state index contributed by atoms with van der Waals surface area (Å²) in [4.78, 5) is 26.5. The van der Waals surface area contributed by atoms with Crippen LogP contribution in [0.15, 0.2) is 30.5 Å². The Morgan fingerprint density at radius 3 is 2.62 bits per heavy atom. The number of carbonyl (C=O) groups is 2. The highest BCUT2D eigenvalue weighted by atomic mass is 16.2. The number of hydrogen-bond donors (Lipinski definition) is 3. The predicted molar refractivity (Wildman–Crippen MR) is 82.8 cm³/mol. The van der Waals surface area contributed by atoms with Crippen molar-refractivity contribution >= 4 is 22.7 Å². The van der Waals surface area contributed by atoms with Crippen LogP contribution in [0.25, 0.3) is 10.9 Å². The third kappa shape index (κ3) is 3.42. The lowest BCUT2D eigenvalue weighted by Crippen LogP contribution is -2.54. The van der Waals surface area contributed by atoms with E-state index in [1.54, 1.807) is 13.8 Å². The smallest absolute Gasteiger partial charge is 0.245 e. The van der Waals surface area contributed by atoms with E-state index in [0.717, 1.165) is 16.5 Å². The van der Waals surface area contributed by atoms with E-state index < -0.39 is 5.54 Å². The van der Waals surface area contributed by atoms with Gasteiger partial charge in [0.25, 0.3) is 0 Å². The van der Waals surface area contributed by atoms with Gasteiger partial charge in [-0.15, -0.1) is 0 Å². The molecule has 0 aliphatic rings. The summed E-state index contributed by atoms with van der Waals surface area (Å²) in [6.45, 7) is 6.70. The van der Waals surface area contributed by atoms with Gasteiger partial charge in [-0.3, -0.25) is 9.59 Å². The average Bonchev–Trinajstić information content (AvgIpc) is 2.83. The molecule has 0 fully saturated rings. The number of carbonyl (C=O) groups excluding carboxylic acids is 2. The Kier molecular flexibility index (Phi) is 4.02. The van der Waals surface area contributed by atoms with Crippen molar-refractivity contribution in [3.63, 3.8) is 0 Å². The molecular formula is C16H21N3O2. The van der Waals surface area contributed by atoms with Gasteiger partial charge in [-0.25, -0.2) is 0 Å². The van der Waals surface area contributed by atoms with Crippen molar-refractivity contribution in [2.24, 2.45) is 0 Å². The number of aromatic amines is 1. The van der Waals surface area contributed by atoms with E-state index in [1.165, 1.54) is 6.92 Å². The third-order valence-electron chi connectivity index (χ3n) is 3.48. The van der Waals surface area contributed by atoms with Gasteiger partial charge < -0.3 is 15.6 Å². The van der Waals surface area contributed by atoms with Crippen LogP contribution in [0.4, 0.5) is 0 Å². The highest BCUT2D eigenvalue weighted by molar-refractivity contribution is 5.90. The Hall–Kier alpha value is -2.30. The molecule has 0 saturated heterocycles. The van der Waals surface area contributed by atoms with E-state index in [2.05, 4.69) is 15.6 Å². The first kappa shape index (κ1) is 15.1. The summed E-state index contributed by atoms with van der Waals surface area (Å²) in [6, 6.07) is 7.88. The molecule has 2 rings (SSSR count). The molecule has 1 heterocycles. The number of H-pyrrole nitrogens is 1. The van der Waals surface area contributed by atoms with Crippen LogP contribution in [0.1, 0.15) is 39.3 Å². The maximum Gasteiger partial charge on any atom is 0.245 e. The van der Waals surface area contributed by atoms with E-state index in [1.807, 2.05) is 37.4 Å². The zero-order valence-corrected chi connectivity index (χ0v) is 12.8. The zero-order chi connectivity index (χ0) is 15.6. The van der Waals surface area contributed by atoms with Crippen molar-refractivity contribution in [3.05, 3.63) is 36.0 Å². The molecule has 1 unspecified atom stereocenters. The fourth-order valence-corrected chi connectivity index (χ4v) is 2.30. The Morgan fingerprint density at radius 2 is 1.95 bits per heavy atom. The largest absolute Gasteiger partial charge is 0.361 e. The average molecular weight is 287 g/mol. The van der Waals surface area contributed by atoms with Crippen LogP contribution in [-0.2, 0) is 9.59 Å². The van der Waals surface area contributed by atoms with E-state index in [0.29, 0.717) is 0 Å². The summed E-state index contributed by atoms with van der Waals surface area (Å²) >= 11 is 0. The lowest BCUT2D eigenvalue weighted by Gasteiger charge is -2.26. The second-order valence-electron chi connectivity index (χ2n) is 5.83. The lowest BCUT2D eigenvalue weighted by molar-refractivity contribution is -0.132. The number of fused-ring (bicyclic) bond motifs is 1. The summed E-state index contributed by atoms with van der Waals surface area (Å²) in [7, 11) is 0. The molecule has 0 aliphatic heterocycles. The van der Waals surface area contributed by atoms with Crippen molar-refractivity contribution in [1.29, 1.82) is 0 Å². The van der Waals surface area contributed by atoms with Gasteiger partial charge in [-0.2, -0.15) is 0 Å². The molecule has 2 amide bonds. The van der Waals surface area contributed by atoms with Crippen LogP contribution < -0.4 is 10.6 Å². The van der Waals surface area contributed by atoms with E-state index in [-0.39, 0.29) is 17.9 Å². The number of nitrogens with one attached hydrogen (secondary N) is 3. The molecule has 112 valence electrons. The number of hydrogen-bond acceptors (Lipinski definition) is 2. The third-order valence-corrected chi connectivity index (χ3v) is 3.48. The van der Waals surface area contributed by atoms with Gasteiger partial charge in [0.15, 0.2) is 0 Å². The van der Waals surface area contributed by atoms with Gasteiger partial charge >= 0.3 is 0 Å². The Labute approximate surface area is 124 Å². The zero-order valence-electron chi connectivity index (χ0n) is 12.8. The summed E-state index contributed by atoms with van der Waals surface area (Å²) in [6.07, 6.45) is 1.89. The van der Waals surface area contributed by atoms with Gasteiger partial charge in [0.05, 0.1) is 6.04 Å². The lowest BCUT2D eigenvalue weighted by atomic mass is 10.0. The molecular weight excluding hydrogens is 266 g/mol. The van der Waals surface area contributed by atoms with Gasteiger partial charge in [-0.05, 0) is 49.9 Å².